The summed E-state index contributed by atoms with van der Waals surface area (Å²) in [6.45, 7) is 12.6. The fourth-order valence-corrected chi connectivity index (χ4v) is 4.58. The van der Waals surface area contributed by atoms with Crippen molar-refractivity contribution in [3.8, 4) is 11.3 Å². The lowest BCUT2D eigenvalue weighted by atomic mass is 10.1. The van der Waals surface area contributed by atoms with E-state index >= 15 is 0 Å². The zero-order chi connectivity index (χ0) is 29.8. The number of hydrogen-bond donors (Lipinski definition) is 5. The molecule has 5 N–H and O–H groups in total. The third-order valence-corrected chi connectivity index (χ3v) is 7.11. The molecule has 3 rings (SSSR count). The Morgan fingerprint density at radius 1 is 1.29 bits per heavy atom. The maximum atomic E-state index is 7.62. The molecule has 1 aromatic carbocycles. The van der Waals surface area contributed by atoms with Gasteiger partial charge >= 0.3 is 0 Å². The van der Waals surface area contributed by atoms with Gasteiger partial charge in [-0.15, -0.1) is 6.58 Å². The number of aromatic nitrogens is 2. The summed E-state index contributed by atoms with van der Waals surface area (Å²) >= 11 is 0. The molecule has 220 valence electrons. The van der Waals surface area contributed by atoms with Crippen LogP contribution in [0.4, 0.5) is 11.5 Å². The van der Waals surface area contributed by atoms with Gasteiger partial charge in [-0.2, -0.15) is 0 Å². The molecule has 0 amide bonds. The zero-order valence-corrected chi connectivity index (χ0v) is 25.1. The van der Waals surface area contributed by atoms with Crippen LogP contribution in [0.15, 0.2) is 78.8 Å². The molecule has 0 aliphatic carbocycles. The predicted molar refractivity (Wildman–Crippen MR) is 170 cm³/mol. The summed E-state index contributed by atoms with van der Waals surface area (Å²) in [7, 11) is 7.66. The lowest BCUT2D eigenvalue weighted by Crippen LogP contribution is -2.44. The molecule has 1 atom stereocenters. The van der Waals surface area contributed by atoms with Gasteiger partial charge in [0.2, 0.25) is 0 Å². The number of anilines is 2. The van der Waals surface area contributed by atoms with Crippen molar-refractivity contribution < 1.29 is 4.74 Å². The van der Waals surface area contributed by atoms with Crippen LogP contribution in [0.25, 0.3) is 11.3 Å². The molecule has 2 heterocycles. The van der Waals surface area contributed by atoms with Crippen LogP contribution >= 0.6 is 0 Å². The van der Waals surface area contributed by atoms with Gasteiger partial charge in [-0.3, -0.25) is 10.2 Å². The number of ether oxygens (including phenoxy) is 1. The van der Waals surface area contributed by atoms with E-state index in [2.05, 4.69) is 75.2 Å². The van der Waals surface area contributed by atoms with Gasteiger partial charge in [-0.05, 0) is 52.4 Å². The van der Waals surface area contributed by atoms with Gasteiger partial charge in [0, 0.05) is 54.9 Å². The molecule has 1 aromatic heterocycles. The molecule has 10 nitrogen and oxygen atoms in total. The van der Waals surface area contributed by atoms with E-state index < -0.39 is 0 Å². The minimum absolute atomic E-state index is 0.350. The molecule has 0 spiro atoms. The van der Waals surface area contributed by atoms with Crippen molar-refractivity contribution in [2.24, 2.45) is 0 Å². The third kappa shape index (κ3) is 8.67. The molecular weight excluding hydrogens is 514 g/mol. The van der Waals surface area contributed by atoms with Gasteiger partial charge in [-0.1, -0.05) is 24.8 Å². The first-order valence-electron chi connectivity index (χ1n) is 13.9. The molecule has 1 unspecified atom stereocenters. The first-order valence-corrected chi connectivity index (χ1v) is 13.9. The number of nitrogens with zero attached hydrogens (tertiary/aromatic N) is 4. The van der Waals surface area contributed by atoms with Crippen molar-refractivity contribution in [1.82, 2.24) is 30.4 Å². The lowest BCUT2D eigenvalue weighted by Gasteiger charge is -2.28. The average Bonchev–Trinajstić information content (AvgIpc) is 3.26. The summed E-state index contributed by atoms with van der Waals surface area (Å²) in [5.74, 6) is 1.09. The maximum absolute atomic E-state index is 7.62. The van der Waals surface area contributed by atoms with Crippen molar-refractivity contribution in [3.05, 3.63) is 84.3 Å². The zero-order valence-electron chi connectivity index (χ0n) is 25.1. The van der Waals surface area contributed by atoms with Crippen LogP contribution in [0.2, 0.25) is 0 Å². The first-order chi connectivity index (χ1) is 19.8. The van der Waals surface area contributed by atoms with E-state index in [1.807, 2.05) is 43.5 Å². The van der Waals surface area contributed by atoms with Gasteiger partial charge in [-0.25, -0.2) is 9.97 Å². The minimum Gasteiger partial charge on any atom is -0.495 e. The molecule has 0 bridgehead atoms. The quantitative estimate of drug-likeness (QED) is 0.0747. The number of allylic oxidation sites excluding steroid dienone is 2. The topological polar surface area (TPSA) is 113 Å². The number of benzene rings is 1. The minimum atomic E-state index is 0.350. The standard InChI is InChI=1S/C31H45N9O/c1-8-9-14-34-26(22(2)40-15-10-11-31(37-21-40)39(5)6)17-27(23(3)41-7)38-30-18-29(35-20-36-30)24-12-13-25(19-32)28(16-24)33-4/h8,12-13,16-20,31-34,37H,1,3,9-11,14-15,21H2,2,4-7H3,(H,35,36,38)/b26-22-,27-17+,32-19?. The highest BCUT2D eigenvalue weighted by Crippen LogP contribution is 2.26. The number of nitrogens with one attached hydrogen (secondary N) is 5. The highest BCUT2D eigenvalue weighted by Gasteiger charge is 2.19. The Hall–Kier alpha value is -4.15. The number of methoxy groups -OCH3 is 1. The molecule has 1 saturated heterocycles. The molecule has 1 aliphatic rings. The van der Waals surface area contributed by atoms with Crippen molar-refractivity contribution >= 4 is 17.7 Å². The fourth-order valence-electron chi connectivity index (χ4n) is 4.58. The second kappa shape index (κ2) is 15.6. The number of rotatable bonds is 14. The fraction of sp³-hybridized carbons (Fsp3) is 0.387. The average molecular weight is 560 g/mol. The van der Waals surface area contributed by atoms with Gasteiger partial charge in [0.25, 0.3) is 0 Å². The van der Waals surface area contributed by atoms with Crippen LogP contribution in [0.5, 0.6) is 0 Å². The van der Waals surface area contributed by atoms with Crippen molar-refractivity contribution in [2.45, 2.75) is 32.4 Å². The van der Waals surface area contributed by atoms with E-state index in [0.29, 0.717) is 23.4 Å². The smallest absolute Gasteiger partial charge is 0.135 e. The Morgan fingerprint density at radius 3 is 2.78 bits per heavy atom. The van der Waals surface area contributed by atoms with E-state index in [9.17, 15) is 0 Å². The van der Waals surface area contributed by atoms with Gasteiger partial charge in [0.15, 0.2) is 0 Å². The predicted octanol–water partition coefficient (Wildman–Crippen LogP) is 4.57. The summed E-state index contributed by atoms with van der Waals surface area (Å²) < 4.78 is 5.57. The molecule has 10 heteroatoms. The highest BCUT2D eigenvalue weighted by atomic mass is 16.5. The van der Waals surface area contributed by atoms with E-state index in [1.165, 1.54) is 12.5 Å². The molecular formula is C31H45N9O. The molecule has 0 radical (unpaired) electrons. The van der Waals surface area contributed by atoms with Crippen LogP contribution < -0.4 is 21.3 Å². The number of hydrogen-bond acceptors (Lipinski definition) is 10. The second-order valence-corrected chi connectivity index (χ2v) is 10.0. The molecule has 1 fully saturated rings. The monoisotopic (exact) mass is 559 g/mol. The highest BCUT2D eigenvalue weighted by molar-refractivity contribution is 5.87. The Labute approximate surface area is 244 Å². The second-order valence-electron chi connectivity index (χ2n) is 10.0. The molecule has 1 aliphatic heterocycles. The lowest BCUT2D eigenvalue weighted by molar-refractivity contribution is 0.225. The summed E-state index contributed by atoms with van der Waals surface area (Å²) in [5.41, 5.74) is 6.09. The van der Waals surface area contributed by atoms with Crippen LogP contribution in [-0.4, -0.2) is 80.2 Å². The van der Waals surface area contributed by atoms with Crippen molar-refractivity contribution in [3.63, 3.8) is 0 Å². The largest absolute Gasteiger partial charge is 0.495 e. The molecule has 41 heavy (non-hydrogen) atoms. The SMILES string of the molecule is C=CCCNC(/C=C(/Nc1cc(-c2ccc(C=N)c(NC)c2)ncn1)C(=C)OC)=C(/C)N1CCCC(N(C)C)NC1. The van der Waals surface area contributed by atoms with Gasteiger partial charge in [0.1, 0.15) is 17.9 Å². The molecule has 2 aromatic rings. The molecule has 0 saturated carbocycles. The van der Waals surface area contributed by atoms with Crippen LogP contribution in [0, 0.1) is 5.41 Å². The van der Waals surface area contributed by atoms with Crippen LogP contribution in [0.3, 0.4) is 0 Å². The Balaban J connectivity index is 1.95. The Kier molecular flexibility index (Phi) is 11.9. The summed E-state index contributed by atoms with van der Waals surface area (Å²) in [4.78, 5) is 13.5. The Morgan fingerprint density at radius 2 is 2.10 bits per heavy atom. The van der Waals surface area contributed by atoms with Gasteiger partial charge in [0.05, 0.1) is 37.0 Å². The van der Waals surface area contributed by atoms with Crippen LogP contribution in [0.1, 0.15) is 31.7 Å². The van der Waals surface area contributed by atoms with E-state index in [-0.39, 0.29) is 0 Å². The summed E-state index contributed by atoms with van der Waals surface area (Å²) in [5, 5.41) is 21.4. The van der Waals surface area contributed by atoms with E-state index in [0.717, 1.165) is 72.9 Å². The van der Waals surface area contributed by atoms with E-state index in [4.69, 9.17) is 10.1 Å². The van der Waals surface area contributed by atoms with E-state index in [1.54, 1.807) is 7.11 Å². The Bertz CT molecular complexity index is 1270. The van der Waals surface area contributed by atoms with Crippen LogP contribution in [-0.2, 0) is 4.74 Å². The third-order valence-electron chi connectivity index (χ3n) is 7.11. The van der Waals surface area contributed by atoms with Gasteiger partial charge < -0.3 is 31.0 Å². The maximum Gasteiger partial charge on any atom is 0.135 e. The summed E-state index contributed by atoms with van der Waals surface area (Å²) in [6.07, 6.45) is 10.2. The summed E-state index contributed by atoms with van der Waals surface area (Å²) in [6, 6.07) is 7.70. The van der Waals surface area contributed by atoms with Crippen molar-refractivity contribution in [2.75, 3.05) is 58.6 Å². The first kappa shape index (κ1) is 31.4. The normalized spacial score (nSPS) is 16.4. The van der Waals surface area contributed by atoms with Crippen molar-refractivity contribution in [1.29, 1.82) is 5.41 Å².